The fraction of sp³-hybridized carbons (Fsp3) is 0.222. The monoisotopic (exact) mass is 202 g/mol. The third-order valence-corrected chi connectivity index (χ3v) is 1.54. The molecule has 1 heterocycles. The Balaban J connectivity index is 3.10. The Kier molecular flexibility index (Phi) is 3.24. The molecule has 76 valence electrons. The van der Waals surface area contributed by atoms with E-state index in [9.17, 15) is 13.2 Å². The second-order valence-corrected chi connectivity index (χ2v) is 2.58. The average Bonchev–Trinajstić information content (AvgIpc) is 2.14. The van der Waals surface area contributed by atoms with Crippen LogP contribution in [0.2, 0.25) is 0 Å². The fourth-order valence-corrected chi connectivity index (χ4v) is 0.984. The first-order valence-corrected chi connectivity index (χ1v) is 3.94. The van der Waals surface area contributed by atoms with E-state index in [-0.39, 0.29) is 12.1 Å². The summed E-state index contributed by atoms with van der Waals surface area (Å²) in [5.74, 6) is 0. The number of hydrogen-bond acceptors (Lipinski definition) is 2. The van der Waals surface area contributed by atoms with Gasteiger partial charge in [-0.05, 0) is 6.07 Å². The minimum atomic E-state index is -4.42. The lowest BCUT2D eigenvalue weighted by atomic mass is 10.1. The molecule has 0 radical (unpaired) electrons. The molecule has 0 spiro atoms. The van der Waals surface area contributed by atoms with Crippen molar-refractivity contribution in [3.05, 3.63) is 35.7 Å². The molecule has 0 unspecified atom stereocenters. The van der Waals surface area contributed by atoms with E-state index in [1.165, 1.54) is 24.3 Å². The summed E-state index contributed by atoms with van der Waals surface area (Å²) in [6.45, 7) is 0.201. The molecule has 0 aliphatic heterocycles. The van der Waals surface area contributed by atoms with E-state index in [0.29, 0.717) is 0 Å². The molecule has 1 rings (SSSR count). The number of alkyl halides is 3. The van der Waals surface area contributed by atoms with Gasteiger partial charge in [0.2, 0.25) is 0 Å². The molecule has 0 amide bonds. The number of hydrogen-bond donors (Lipinski definition) is 1. The summed E-state index contributed by atoms with van der Waals surface area (Å²) >= 11 is 0. The topological polar surface area (TPSA) is 38.9 Å². The van der Waals surface area contributed by atoms with Crippen LogP contribution >= 0.6 is 0 Å². The molecule has 0 aliphatic rings. The van der Waals surface area contributed by atoms with Crippen LogP contribution in [0.4, 0.5) is 13.2 Å². The SMILES string of the molecule is NCC=Cc1cccnc1C(F)(F)F. The van der Waals surface area contributed by atoms with Gasteiger partial charge in [0.25, 0.3) is 0 Å². The lowest BCUT2D eigenvalue weighted by Crippen LogP contribution is -2.09. The summed E-state index contributed by atoms with van der Waals surface area (Å²) in [4.78, 5) is 3.29. The number of rotatable bonds is 2. The lowest BCUT2D eigenvalue weighted by molar-refractivity contribution is -0.141. The highest BCUT2D eigenvalue weighted by molar-refractivity contribution is 5.52. The average molecular weight is 202 g/mol. The van der Waals surface area contributed by atoms with Crippen molar-refractivity contribution in [2.45, 2.75) is 6.18 Å². The van der Waals surface area contributed by atoms with Gasteiger partial charge in [0.05, 0.1) is 0 Å². The third-order valence-electron chi connectivity index (χ3n) is 1.54. The molecular formula is C9H9F3N2. The van der Waals surface area contributed by atoms with Crippen LogP contribution in [0.1, 0.15) is 11.3 Å². The maximum absolute atomic E-state index is 12.3. The van der Waals surface area contributed by atoms with Crippen LogP contribution in [0.3, 0.4) is 0 Å². The molecule has 0 atom stereocenters. The van der Waals surface area contributed by atoms with Crippen molar-refractivity contribution in [3.63, 3.8) is 0 Å². The van der Waals surface area contributed by atoms with Crippen molar-refractivity contribution < 1.29 is 13.2 Å². The molecule has 0 fully saturated rings. The molecule has 2 N–H and O–H groups in total. The number of nitrogens with zero attached hydrogens (tertiary/aromatic N) is 1. The Bertz CT molecular complexity index is 331. The van der Waals surface area contributed by atoms with Crippen molar-refractivity contribution in [1.82, 2.24) is 4.98 Å². The second-order valence-electron chi connectivity index (χ2n) is 2.58. The minimum Gasteiger partial charge on any atom is -0.327 e. The maximum atomic E-state index is 12.3. The summed E-state index contributed by atoms with van der Waals surface area (Å²) < 4.78 is 37.0. The van der Waals surface area contributed by atoms with Gasteiger partial charge in [-0.3, -0.25) is 4.98 Å². The number of aromatic nitrogens is 1. The standard InChI is InChI=1S/C9H9F3N2/c10-9(11,12)8-7(3-1-5-13)4-2-6-14-8/h1-4,6H,5,13H2. The maximum Gasteiger partial charge on any atom is 0.433 e. The highest BCUT2D eigenvalue weighted by atomic mass is 19.4. The third kappa shape index (κ3) is 2.56. The molecule has 0 saturated heterocycles. The zero-order valence-electron chi connectivity index (χ0n) is 7.25. The van der Waals surface area contributed by atoms with Gasteiger partial charge in [-0.15, -0.1) is 0 Å². The molecular weight excluding hydrogens is 193 g/mol. The predicted octanol–water partition coefficient (Wildman–Crippen LogP) is 2.07. The van der Waals surface area contributed by atoms with E-state index in [0.717, 1.165) is 6.20 Å². The van der Waals surface area contributed by atoms with Gasteiger partial charge < -0.3 is 5.73 Å². The number of halogens is 3. The van der Waals surface area contributed by atoms with Crippen molar-refractivity contribution in [1.29, 1.82) is 0 Å². The van der Waals surface area contributed by atoms with Crippen LogP contribution in [0.25, 0.3) is 6.08 Å². The summed E-state index contributed by atoms with van der Waals surface area (Å²) in [5, 5.41) is 0. The van der Waals surface area contributed by atoms with Crippen molar-refractivity contribution >= 4 is 6.08 Å². The Labute approximate surface area is 79.3 Å². The number of nitrogens with two attached hydrogens (primary N) is 1. The van der Waals surface area contributed by atoms with E-state index in [4.69, 9.17) is 5.73 Å². The Hall–Kier alpha value is -1.36. The molecule has 5 heteroatoms. The molecule has 0 aliphatic carbocycles. The molecule has 2 nitrogen and oxygen atoms in total. The van der Waals surface area contributed by atoms with Crippen LogP contribution in [-0.2, 0) is 6.18 Å². The van der Waals surface area contributed by atoms with E-state index in [1.807, 2.05) is 0 Å². The van der Waals surface area contributed by atoms with Crippen LogP contribution < -0.4 is 5.73 Å². The van der Waals surface area contributed by atoms with Gasteiger partial charge >= 0.3 is 6.18 Å². The van der Waals surface area contributed by atoms with E-state index in [1.54, 1.807) is 0 Å². The summed E-state index contributed by atoms with van der Waals surface area (Å²) in [6, 6.07) is 2.80. The zero-order valence-corrected chi connectivity index (χ0v) is 7.25. The minimum absolute atomic E-state index is 0.0328. The molecule has 14 heavy (non-hydrogen) atoms. The Morgan fingerprint density at radius 2 is 2.14 bits per heavy atom. The van der Waals surface area contributed by atoms with Gasteiger partial charge in [0, 0.05) is 18.3 Å². The van der Waals surface area contributed by atoms with Crippen LogP contribution in [0.15, 0.2) is 24.4 Å². The summed E-state index contributed by atoms with van der Waals surface area (Å²) in [5.41, 5.74) is 4.30. The highest BCUT2D eigenvalue weighted by Gasteiger charge is 2.34. The predicted molar refractivity (Wildman–Crippen MR) is 47.3 cm³/mol. The number of pyridine rings is 1. The van der Waals surface area contributed by atoms with Gasteiger partial charge in [-0.25, -0.2) is 0 Å². The van der Waals surface area contributed by atoms with Gasteiger partial charge in [0.15, 0.2) is 5.69 Å². The van der Waals surface area contributed by atoms with Gasteiger partial charge in [-0.2, -0.15) is 13.2 Å². The lowest BCUT2D eigenvalue weighted by Gasteiger charge is -2.07. The van der Waals surface area contributed by atoms with Gasteiger partial charge in [-0.1, -0.05) is 18.2 Å². The largest absolute Gasteiger partial charge is 0.433 e. The highest BCUT2D eigenvalue weighted by Crippen LogP contribution is 2.30. The van der Waals surface area contributed by atoms with Crippen LogP contribution in [-0.4, -0.2) is 11.5 Å². The van der Waals surface area contributed by atoms with Crippen LogP contribution in [0, 0.1) is 0 Å². The fourth-order valence-electron chi connectivity index (χ4n) is 0.984. The molecule has 1 aromatic heterocycles. The van der Waals surface area contributed by atoms with E-state index in [2.05, 4.69) is 4.98 Å². The Morgan fingerprint density at radius 1 is 1.43 bits per heavy atom. The van der Waals surface area contributed by atoms with E-state index < -0.39 is 11.9 Å². The Morgan fingerprint density at radius 3 is 2.71 bits per heavy atom. The molecule has 1 aromatic rings. The molecule has 0 bridgehead atoms. The second kappa shape index (κ2) is 4.23. The van der Waals surface area contributed by atoms with Gasteiger partial charge in [0.1, 0.15) is 0 Å². The molecule has 0 aromatic carbocycles. The van der Waals surface area contributed by atoms with Crippen molar-refractivity contribution in [3.8, 4) is 0 Å². The van der Waals surface area contributed by atoms with Crippen LogP contribution in [0.5, 0.6) is 0 Å². The summed E-state index contributed by atoms with van der Waals surface area (Å²) in [6.07, 6.45) is -0.541. The normalized spacial score (nSPS) is 12.3. The van der Waals surface area contributed by atoms with Crippen molar-refractivity contribution in [2.24, 2.45) is 5.73 Å². The summed E-state index contributed by atoms with van der Waals surface area (Å²) in [7, 11) is 0. The smallest absolute Gasteiger partial charge is 0.327 e. The first-order chi connectivity index (χ1) is 6.55. The van der Waals surface area contributed by atoms with Crippen molar-refractivity contribution in [2.75, 3.05) is 6.54 Å². The first-order valence-electron chi connectivity index (χ1n) is 3.94. The van der Waals surface area contributed by atoms with E-state index >= 15 is 0 Å². The zero-order chi connectivity index (χ0) is 10.6. The first kappa shape index (κ1) is 10.7. The quantitative estimate of drug-likeness (QED) is 0.797. The molecule has 0 saturated carbocycles.